The summed E-state index contributed by atoms with van der Waals surface area (Å²) >= 11 is 0. The Bertz CT molecular complexity index is 944. The van der Waals surface area contributed by atoms with Gasteiger partial charge in [0.05, 0.1) is 11.0 Å². The van der Waals surface area contributed by atoms with Crippen LogP contribution in [0.1, 0.15) is 33.6 Å². The molecule has 2 aliphatic rings. The highest BCUT2D eigenvalue weighted by molar-refractivity contribution is 5.99. The molecular weight excluding hydrogens is 366 g/mol. The number of piperidine rings is 1. The highest BCUT2D eigenvalue weighted by atomic mass is 16.2. The molecule has 29 heavy (non-hydrogen) atoms. The average molecular weight is 396 g/mol. The highest BCUT2D eigenvalue weighted by Crippen LogP contribution is 2.33. The van der Waals surface area contributed by atoms with E-state index in [1.54, 1.807) is 4.90 Å². The lowest BCUT2D eigenvalue weighted by Crippen LogP contribution is -2.50. The number of hydrogen-bond acceptors (Lipinski definition) is 5. The molecular formula is C22H29N5O2. The number of hydrogen-bond donors (Lipinski definition) is 0. The van der Waals surface area contributed by atoms with Crippen molar-refractivity contribution < 1.29 is 9.59 Å². The van der Waals surface area contributed by atoms with Crippen LogP contribution in [0.3, 0.4) is 0 Å². The van der Waals surface area contributed by atoms with E-state index in [0.29, 0.717) is 38.3 Å². The Morgan fingerprint density at radius 1 is 0.931 bits per heavy atom. The molecule has 7 heteroatoms. The maximum Gasteiger partial charge on any atom is 0.231 e. The van der Waals surface area contributed by atoms with E-state index >= 15 is 0 Å². The Morgan fingerprint density at radius 3 is 2.10 bits per heavy atom. The number of likely N-dealkylation sites (N-methyl/N-ethyl adjacent to an activating group) is 1. The molecule has 0 N–H and O–H groups in total. The number of benzene rings is 1. The Hall–Kier alpha value is -2.70. The number of aromatic nitrogens is 2. The summed E-state index contributed by atoms with van der Waals surface area (Å²) in [6.07, 6.45) is 1.40. The van der Waals surface area contributed by atoms with Gasteiger partial charge in [0.2, 0.25) is 11.8 Å². The number of rotatable bonds is 1. The van der Waals surface area contributed by atoms with E-state index in [4.69, 9.17) is 9.97 Å². The van der Waals surface area contributed by atoms with Crippen molar-refractivity contribution in [3.8, 4) is 0 Å². The fourth-order valence-corrected chi connectivity index (χ4v) is 4.12. The van der Waals surface area contributed by atoms with Crippen molar-refractivity contribution in [2.24, 2.45) is 11.3 Å². The number of amides is 2. The lowest BCUT2D eigenvalue weighted by Gasteiger charge is -2.39. The van der Waals surface area contributed by atoms with Gasteiger partial charge in [-0.15, -0.1) is 0 Å². The highest BCUT2D eigenvalue weighted by Gasteiger charge is 2.36. The predicted octanol–water partition coefficient (Wildman–Crippen LogP) is 2.70. The third kappa shape index (κ3) is 3.66. The molecule has 2 aromatic rings. The first-order valence-electron chi connectivity index (χ1n) is 10.3. The maximum atomic E-state index is 13.4. The second-order valence-corrected chi connectivity index (χ2v) is 9.09. The van der Waals surface area contributed by atoms with Crippen LogP contribution in [-0.4, -0.2) is 59.9 Å². The second-order valence-electron chi connectivity index (χ2n) is 9.09. The quantitative estimate of drug-likeness (QED) is 0.743. The molecule has 1 aromatic heterocycles. The molecule has 0 radical (unpaired) electrons. The number of likely N-dealkylation sites (tertiary alicyclic amines) is 1. The summed E-state index contributed by atoms with van der Waals surface area (Å²) in [4.78, 5) is 41.2. The zero-order chi connectivity index (χ0) is 20.8. The molecule has 0 unspecified atom stereocenters. The number of anilines is 2. The monoisotopic (exact) mass is 395 g/mol. The SMILES string of the molecule is CN1CCN(C(=O)C2CCN(C(=O)C(C)(C)C)CC2)c2nc3ccccc3nc21. The minimum Gasteiger partial charge on any atom is -0.355 e. The minimum atomic E-state index is -0.385. The van der Waals surface area contributed by atoms with Gasteiger partial charge in [-0.05, 0) is 25.0 Å². The van der Waals surface area contributed by atoms with Crippen molar-refractivity contribution in [2.45, 2.75) is 33.6 Å². The number of para-hydroxylation sites is 2. The van der Waals surface area contributed by atoms with Gasteiger partial charge in [-0.2, -0.15) is 0 Å². The number of fused-ring (bicyclic) bond motifs is 2. The van der Waals surface area contributed by atoms with E-state index < -0.39 is 0 Å². The predicted molar refractivity (Wildman–Crippen MR) is 114 cm³/mol. The van der Waals surface area contributed by atoms with E-state index in [2.05, 4.69) is 4.90 Å². The molecule has 0 aliphatic carbocycles. The number of carbonyl (C=O) groups is 2. The van der Waals surface area contributed by atoms with Gasteiger partial charge in [-0.3, -0.25) is 14.5 Å². The van der Waals surface area contributed by atoms with Gasteiger partial charge in [0.25, 0.3) is 0 Å². The Morgan fingerprint density at radius 2 is 1.52 bits per heavy atom. The van der Waals surface area contributed by atoms with Crippen LogP contribution in [0.2, 0.25) is 0 Å². The summed E-state index contributed by atoms with van der Waals surface area (Å²) in [5.74, 6) is 1.58. The molecule has 0 atom stereocenters. The summed E-state index contributed by atoms with van der Waals surface area (Å²) in [5.41, 5.74) is 1.25. The normalized spacial score (nSPS) is 18.1. The van der Waals surface area contributed by atoms with Gasteiger partial charge in [-0.25, -0.2) is 9.97 Å². The van der Waals surface area contributed by atoms with E-state index in [9.17, 15) is 9.59 Å². The molecule has 4 rings (SSSR count). The molecule has 0 saturated carbocycles. The standard InChI is InChI=1S/C22H29N5O2/c1-22(2,3)21(29)26-11-9-15(10-12-26)20(28)27-14-13-25(4)18-19(27)24-17-8-6-5-7-16(17)23-18/h5-8,15H,9-14H2,1-4H3. The fourth-order valence-electron chi connectivity index (χ4n) is 4.12. The van der Waals surface area contributed by atoms with Gasteiger partial charge in [-0.1, -0.05) is 32.9 Å². The van der Waals surface area contributed by atoms with Crippen LogP contribution in [0.15, 0.2) is 24.3 Å². The molecule has 1 fully saturated rings. The van der Waals surface area contributed by atoms with Crippen molar-refractivity contribution in [1.82, 2.24) is 14.9 Å². The van der Waals surface area contributed by atoms with Gasteiger partial charge < -0.3 is 9.80 Å². The van der Waals surface area contributed by atoms with Crippen LogP contribution >= 0.6 is 0 Å². The van der Waals surface area contributed by atoms with Crippen LogP contribution in [0, 0.1) is 11.3 Å². The maximum absolute atomic E-state index is 13.4. The van der Waals surface area contributed by atoms with E-state index in [1.165, 1.54) is 0 Å². The molecule has 154 valence electrons. The molecule has 2 aliphatic heterocycles. The molecule has 7 nitrogen and oxygen atoms in total. The summed E-state index contributed by atoms with van der Waals surface area (Å²) in [6, 6.07) is 7.75. The Kier molecular flexibility index (Phi) is 4.92. The van der Waals surface area contributed by atoms with E-state index in [0.717, 1.165) is 23.4 Å². The fraction of sp³-hybridized carbons (Fsp3) is 0.545. The van der Waals surface area contributed by atoms with Crippen LogP contribution in [-0.2, 0) is 9.59 Å². The van der Waals surface area contributed by atoms with Gasteiger partial charge >= 0.3 is 0 Å². The molecule has 1 saturated heterocycles. The molecule has 0 bridgehead atoms. The van der Waals surface area contributed by atoms with Crippen LogP contribution in [0.5, 0.6) is 0 Å². The lowest BCUT2D eigenvalue weighted by atomic mass is 9.90. The van der Waals surface area contributed by atoms with Crippen LogP contribution in [0.25, 0.3) is 11.0 Å². The zero-order valence-electron chi connectivity index (χ0n) is 17.7. The van der Waals surface area contributed by atoms with Crippen molar-refractivity contribution in [3.63, 3.8) is 0 Å². The second kappa shape index (κ2) is 7.28. The third-order valence-corrected chi connectivity index (χ3v) is 5.85. The lowest BCUT2D eigenvalue weighted by molar-refractivity contribution is -0.142. The van der Waals surface area contributed by atoms with Crippen LogP contribution in [0.4, 0.5) is 11.6 Å². The van der Waals surface area contributed by atoms with E-state index in [-0.39, 0.29) is 23.1 Å². The van der Waals surface area contributed by atoms with E-state index in [1.807, 2.05) is 57.0 Å². The Labute approximate surface area is 171 Å². The zero-order valence-corrected chi connectivity index (χ0v) is 17.7. The molecule has 0 spiro atoms. The largest absolute Gasteiger partial charge is 0.355 e. The number of nitrogens with zero attached hydrogens (tertiary/aromatic N) is 5. The summed E-state index contributed by atoms with van der Waals surface area (Å²) in [6.45, 7) is 8.43. The third-order valence-electron chi connectivity index (χ3n) is 5.85. The Balaban J connectivity index is 1.54. The van der Waals surface area contributed by atoms with Crippen molar-refractivity contribution in [3.05, 3.63) is 24.3 Å². The van der Waals surface area contributed by atoms with Crippen molar-refractivity contribution >= 4 is 34.5 Å². The van der Waals surface area contributed by atoms with Crippen molar-refractivity contribution in [1.29, 1.82) is 0 Å². The molecule has 1 aromatic carbocycles. The topological polar surface area (TPSA) is 69.6 Å². The van der Waals surface area contributed by atoms with Gasteiger partial charge in [0, 0.05) is 44.6 Å². The first-order chi connectivity index (χ1) is 13.8. The molecule has 2 amide bonds. The summed E-state index contributed by atoms with van der Waals surface area (Å²) in [5, 5.41) is 0. The van der Waals surface area contributed by atoms with Gasteiger partial charge in [0.15, 0.2) is 11.6 Å². The summed E-state index contributed by atoms with van der Waals surface area (Å²) < 4.78 is 0. The first kappa shape index (κ1) is 19.6. The van der Waals surface area contributed by atoms with Crippen LogP contribution < -0.4 is 9.80 Å². The number of carbonyl (C=O) groups excluding carboxylic acids is 2. The van der Waals surface area contributed by atoms with Crippen molar-refractivity contribution in [2.75, 3.05) is 43.0 Å². The van der Waals surface area contributed by atoms with Gasteiger partial charge in [0.1, 0.15) is 0 Å². The average Bonchev–Trinajstić information content (AvgIpc) is 2.71. The summed E-state index contributed by atoms with van der Waals surface area (Å²) in [7, 11) is 1.99. The molecule has 3 heterocycles. The smallest absolute Gasteiger partial charge is 0.231 e. The minimum absolute atomic E-state index is 0.0801. The first-order valence-corrected chi connectivity index (χ1v) is 10.3.